The zero-order chi connectivity index (χ0) is 10.3. The quantitative estimate of drug-likeness (QED) is 0.602. The molecule has 1 saturated heterocycles. The molecule has 0 aromatic carbocycles. The Morgan fingerprint density at radius 1 is 1.50 bits per heavy atom. The highest BCUT2D eigenvalue weighted by Crippen LogP contribution is 2.35. The Hall–Kier alpha value is -1.06. The van der Waals surface area contributed by atoms with Crippen LogP contribution in [0.3, 0.4) is 0 Å². The number of likely N-dealkylation sites (tertiary alicyclic amines) is 1. The first-order valence-electron chi connectivity index (χ1n) is 5.03. The number of esters is 1. The van der Waals surface area contributed by atoms with Gasteiger partial charge in [0.25, 0.3) is 0 Å². The van der Waals surface area contributed by atoms with Crippen molar-refractivity contribution in [1.82, 2.24) is 4.90 Å². The molecule has 4 heteroatoms. The molecule has 2 atom stereocenters. The number of rotatable bonds is 2. The van der Waals surface area contributed by atoms with E-state index < -0.39 is 0 Å². The SMILES string of the molecule is COC(=O)C1CN(C2CC2)C(=O)C1C. The molecule has 2 unspecified atom stereocenters. The molecule has 1 heterocycles. The van der Waals surface area contributed by atoms with Crippen molar-refractivity contribution in [3.05, 3.63) is 0 Å². The lowest BCUT2D eigenvalue weighted by molar-refractivity contribution is -0.147. The van der Waals surface area contributed by atoms with E-state index in [2.05, 4.69) is 4.74 Å². The lowest BCUT2D eigenvalue weighted by atomic mass is 9.98. The predicted octanol–water partition coefficient (Wildman–Crippen LogP) is 0.416. The van der Waals surface area contributed by atoms with Crippen LogP contribution >= 0.6 is 0 Å². The molecule has 1 aliphatic carbocycles. The molecule has 14 heavy (non-hydrogen) atoms. The summed E-state index contributed by atoms with van der Waals surface area (Å²) in [4.78, 5) is 24.9. The number of methoxy groups -OCH3 is 1. The van der Waals surface area contributed by atoms with Crippen molar-refractivity contribution in [2.45, 2.75) is 25.8 Å². The van der Waals surface area contributed by atoms with E-state index in [1.165, 1.54) is 7.11 Å². The third kappa shape index (κ3) is 1.38. The van der Waals surface area contributed by atoms with Gasteiger partial charge in [0, 0.05) is 12.6 Å². The van der Waals surface area contributed by atoms with E-state index >= 15 is 0 Å². The first kappa shape index (κ1) is 9.49. The Bertz CT molecular complexity index is 273. The van der Waals surface area contributed by atoms with Crippen LogP contribution < -0.4 is 0 Å². The molecule has 0 N–H and O–H groups in total. The zero-order valence-corrected chi connectivity index (χ0v) is 8.53. The van der Waals surface area contributed by atoms with Gasteiger partial charge in [0.2, 0.25) is 5.91 Å². The summed E-state index contributed by atoms with van der Waals surface area (Å²) in [6.45, 7) is 2.36. The van der Waals surface area contributed by atoms with Gasteiger partial charge in [0.05, 0.1) is 18.9 Å². The van der Waals surface area contributed by atoms with Gasteiger partial charge in [-0.2, -0.15) is 0 Å². The van der Waals surface area contributed by atoms with Gasteiger partial charge < -0.3 is 9.64 Å². The Morgan fingerprint density at radius 3 is 2.64 bits per heavy atom. The first-order chi connectivity index (χ1) is 6.65. The smallest absolute Gasteiger partial charge is 0.311 e. The van der Waals surface area contributed by atoms with E-state index in [0.29, 0.717) is 12.6 Å². The van der Waals surface area contributed by atoms with Crippen LogP contribution in [0.2, 0.25) is 0 Å². The molecule has 0 aromatic heterocycles. The monoisotopic (exact) mass is 197 g/mol. The fourth-order valence-corrected chi connectivity index (χ4v) is 2.04. The number of ether oxygens (including phenoxy) is 1. The summed E-state index contributed by atoms with van der Waals surface area (Å²) >= 11 is 0. The van der Waals surface area contributed by atoms with Crippen molar-refractivity contribution in [3.8, 4) is 0 Å². The minimum atomic E-state index is -0.256. The average Bonchev–Trinajstić information content (AvgIpc) is 2.97. The molecule has 78 valence electrons. The van der Waals surface area contributed by atoms with Crippen LogP contribution in [-0.2, 0) is 14.3 Å². The van der Waals surface area contributed by atoms with Gasteiger partial charge in [0.15, 0.2) is 0 Å². The molecule has 1 aliphatic heterocycles. The van der Waals surface area contributed by atoms with E-state index in [-0.39, 0.29) is 23.7 Å². The number of nitrogens with zero attached hydrogens (tertiary/aromatic N) is 1. The van der Waals surface area contributed by atoms with Crippen molar-refractivity contribution in [2.75, 3.05) is 13.7 Å². The van der Waals surface area contributed by atoms with Crippen LogP contribution in [0, 0.1) is 11.8 Å². The lowest BCUT2D eigenvalue weighted by Crippen LogP contribution is -2.28. The average molecular weight is 197 g/mol. The summed E-state index contributed by atoms with van der Waals surface area (Å²) in [7, 11) is 1.37. The van der Waals surface area contributed by atoms with E-state index in [1.807, 2.05) is 11.8 Å². The standard InChI is InChI=1S/C10H15NO3/c1-6-8(10(13)14-2)5-11(9(6)12)7-3-4-7/h6-8H,3-5H2,1-2H3. The molecule has 2 rings (SSSR count). The minimum Gasteiger partial charge on any atom is -0.469 e. The second-order valence-electron chi connectivity index (χ2n) is 4.14. The summed E-state index contributed by atoms with van der Waals surface area (Å²) < 4.78 is 4.68. The van der Waals surface area contributed by atoms with Crippen molar-refractivity contribution >= 4 is 11.9 Å². The molecular formula is C10H15NO3. The number of amides is 1. The zero-order valence-electron chi connectivity index (χ0n) is 8.53. The number of carbonyl (C=O) groups is 2. The maximum Gasteiger partial charge on any atom is 0.311 e. The van der Waals surface area contributed by atoms with Gasteiger partial charge in [-0.1, -0.05) is 6.92 Å². The summed E-state index contributed by atoms with van der Waals surface area (Å²) in [6.07, 6.45) is 2.18. The van der Waals surface area contributed by atoms with Gasteiger partial charge in [-0.3, -0.25) is 9.59 Å². The number of hydrogen-bond acceptors (Lipinski definition) is 3. The van der Waals surface area contributed by atoms with Crippen LogP contribution in [0.1, 0.15) is 19.8 Å². The molecule has 2 aliphatic rings. The van der Waals surface area contributed by atoms with E-state index in [9.17, 15) is 9.59 Å². The van der Waals surface area contributed by atoms with Crippen LogP contribution in [-0.4, -0.2) is 36.5 Å². The van der Waals surface area contributed by atoms with Gasteiger partial charge >= 0.3 is 5.97 Å². The molecule has 0 radical (unpaired) electrons. The Kier molecular flexibility index (Phi) is 2.21. The highest BCUT2D eigenvalue weighted by atomic mass is 16.5. The molecule has 4 nitrogen and oxygen atoms in total. The summed E-state index contributed by atoms with van der Waals surface area (Å²) in [5.41, 5.74) is 0. The minimum absolute atomic E-state index is 0.114. The lowest BCUT2D eigenvalue weighted by Gasteiger charge is -2.14. The molecule has 1 amide bonds. The van der Waals surface area contributed by atoms with Crippen LogP contribution in [0.5, 0.6) is 0 Å². The van der Waals surface area contributed by atoms with Crippen molar-refractivity contribution in [3.63, 3.8) is 0 Å². The molecule has 1 saturated carbocycles. The maximum atomic E-state index is 11.7. The van der Waals surface area contributed by atoms with Gasteiger partial charge in [-0.05, 0) is 12.8 Å². The van der Waals surface area contributed by atoms with Gasteiger partial charge in [0.1, 0.15) is 0 Å². The van der Waals surface area contributed by atoms with Gasteiger partial charge in [-0.15, -0.1) is 0 Å². The molecule has 0 aromatic rings. The molecule has 2 fully saturated rings. The Labute approximate surface area is 83.2 Å². The van der Waals surface area contributed by atoms with Crippen molar-refractivity contribution < 1.29 is 14.3 Å². The van der Waals surface area contributed by atoms with Crippen LogP contribution in [0.25, 0.3) is 0 Å². The predicted molar refractivity (Wildman–Crippen MR) is 49.4 cm³/mol. The van der Waals surface area contributed by atoms with Gasteiger partial charge in [-0.25, -0.2) is 0 Å². The molecular weight excluding hydrogens is 182 g/mol. The molecule has 0 bridgehead atoms. The first-order valence-corrected chi connectivity index (χ1v) is 5.03. The second kappa shape index (κ2) is 3.26. The third-order valence-corrected chi connectivity index (χ3v) is 3.16. The number of carbonyl (C=O) groups excluding carboxylic acids is 2. The largest absolute Gasteiger partial charge is 0.469 e. The summed E-state index contributed by atoms with van der Waals surface area (Å²) in [5.74, 6) is -0.604. The Balaban J connectivity index is 2.08. The highest BCUT2D eigenvalue weighted by molar-refractivity contribution is 5.89. The highest BCUT2D eigenvalue weighted by Gasteiger charge is 2.47. The third-order valence-electron chi connectivity index (χ3n) is 3.16. The normalized spacial score (nSPS) is 32.1. The summed E-state index contributed by atoms with van der Waals surface area (Å²) in [5, 5.41) is 0. The fourth-order valence-electron chi connectivity index (χ4n) is 2.04. The molecule has 0 spiro atoms. The van der Waals surface area contributed by atoms with E-state index in [1.54, 1.807) is 0 Å². The van der Waals surface area contributed by atoms with Crippen LogP contribution in [0.4, 0.5) is 0 Å². The maximum absolute atomic E-state index is 11.7. The van der Waals surface area contributed by atoms with Crippen LogP contribution in [0.15, 0.2) is 0 Å². The second-order valence-corrected chi connectivity index (χ2v) is 4.14. The summed E-state index contributed by atoms with van der Waals surface area (Å²) in [6, 6.07) is 0.402. The fraction of sp³-hybridized carbons (Fsp3) is 0.800. The number of hydrogen-bond donors (Lipinski definition) is 0. The van der Waals surface area contributed by atoms with Crippen molar-refractivity contribution in [2.24, 2.45) is 11.8 Å². The topological polar surface area (TPSA) is 46.6 Å². The Morgan fingerprint density at radius 2 is 2.14 bits per heavy atom. The van der Waals surface area contributed by atoms with E-state index in [4.69, 9.17) is 0 Å². The van der Waals surface area contributed by atoms with E-state index in [0.717, 1.165) is 12.8 Å². The van der Waals surface area contributed by atoms with Crippen molar-refractivity contribution in [1.29, 1.82) is 0 Å².